The number of halogens is 1. The zero-order chi connectivity index (χ0) is 26.0. The molecule has 3 aromatic carbocycles. The van der Waals surface area contributed by atoms with Crippen molar-refractivity contribution in [1.29, 1.82) is 0 Å². The molecule has 1 aliphatic rings. The number of hydrogen-bond acceptors (Lipinski definition) is 5. The lowest BCUT2D eigenvalue weighted by molar-refractivity contribution is -0.122. The Balaban J connectivity index is 1.66. The van der Waals surface area contributed by atoms with E-state index >= 15 is 0 Å². The lowest BCUT2D eigenvalue weighted by Gasteiger charge is -2.28. The van der Waals surface area contributed by atoms with E-state index in [1.165, 1.54) is 18.7 Å². The number of nitrogens with one attached hydrogen (secondary N) is 1. The van der Waals surface area contributed by atoms with Crippen molar-refractivity contribution in [2.75, 3.05) is 12.0 Å². The molecule has 0 unspecified atom stereocenters. The third kappa shape index (κ3) is 5.13. The molecule has 7 nitrogen and oxygen atoms in total. The fourth-order valence-electron chi connectivity index (χ4n) is 3.82. The van der Waals surface area contributed by atoms with Crippen molar-refractivity contribution >= 4 is 52.2 Å². The highest BCUT2D eigenvalue weighted by atomic mass is 127. The van der Waals surface area contributed by atoms with Crippen LogP contribution < -0.4 is 19.7 Å². The molecule has 1 fully saturated rings. The second kappa shape index (κ2) is 10.5. The third-order valence-corrected chi connectivity index (χ3v) is 6.79. The smallest absolute Gasteiger partial charge is 0.335 e. The van der Waals surface area contributed by atoms with Crippen molar-refractivity contribution in [3.63, 3.8) is 0 Å². The van der Waals surface area contributed by atoms with Crippen LogP contribution >= 0.6 is 22.6 Å². The number of nitrogens with zero attached hydrogens (tertiary/aromatic N) is 1. The zero-order valence-corrected chi connectivity index (χ0v) is 22.5. The number of anilines is 1. The van der Waals surface area contributed by atoms with Crippen molar-refractivity contribution in [2.45, 2.75) is 27.4 Å². The SMILES string of the molecule is COc1cc(/C=C2\C(=O)NC(=O)N(c3cccc(C)c3C)C2=O)cc(I)c1OCc1ccc(C)cc1. The predicted octanol–water partition coefficient (Wildman–Crippen LogP) is 5.47. The van der Waals surface area contributed by atoms with Crippen LogP contribution in [0, 0.1) is 24.3 Å². The number of imide groups is 2. The molecule has 0 spiro atoms. The highest BCUT2D eigenvalue weighted by Crippen LogP contribution is 2.36. The van der Waals surface area contributed by atoms with E-state index in [-0.39, 0.29) is 5.57 Å². The van der Waals surface area contributed by atoms with Gasteiger partial charge in [-0.3, -0.25) is 14.9 Å². The van der Waals surface area contributed by atoms with Gasteiger partial charge < -0.3 is 9.47 Å². The molecule has 0 bridgehead atoms. The quantitative estimate of drug-likeness (QED) is 0.232. The Bertz CT molecular complexity index is 1400. The molecular weight excluding hydrogens is 571 g/mol. The first-order chi connectivity index (χ1) is 17.2. The van der Waals surface area contributed by atoms with Crippen LogP contribution in [-0.4, -0.2) is 25.0 Å². The molecule has 8 heteroatoms. The Morgan fingerprint density at radius 1 is 1.00 bits per heavy atom. The van der Waals surface area contributed by atoms with Gasteiger partial charge in [0, 0.05) is 0 Å². The van der Waals surface area contributed by atoms with Gasteiger partial charge in [0.15, 0.2) is 11.5 Å². The molecule has 1 aliphatic heterocycles. The van der Waals surface area contributed by atoms with Gasteiger partial charge in [0.1, 0.15) is 12.2 Å². The summed E-state index contributed by atoms with van der Waals surface area (Å²) in [6, 6.07) is 16.1. The van der Waals surface area contributed by atoms with Crippen LogP contribution in [0.4, 0.5) is 10.5 Å². The van der Waals surface area contributed by atoms with Crippen LogP contribution in [0.15, 0.2) is 60.2 Å². The Morgan fingerprint density at radius 2 is 1.72 bits per heavy atom. The summed E-state index contributed by atoms with van der Waals surface area (Å²) in [4.78, 5) is 39.5. The molecule has 184 valence electrons. The van der Waals surface area contributed by atoms with Crippen molar-refractivity contribution in [3.8, 4) is 11.5 Å². The third-order valence-electron chi connectivity index (χ3n) is 5.99. The summed E-state index contributed by atoms with van der Waals surface area (Å²) in [5.74, 6) is -0.411. The largest absolute Gasteiger partial charge is 0.493 e. The number of carbonyl (C=O) groups is 3. The van der Waals surface area contributed by atoms with Crippen LogP contribution in [0.2, 0.25) is 0 Å². The molecule has 1 saturated heterocycles. The van der Waals surface area contributed by atoms with E-state index < -0.39 is 17.8 Å². The van der Waals surface area contributed by atoms with Crippen LogP contribution in [0.3, 0.4) is 0 Å². The van der Waals surface area contributed by atoms with Gasteiger partial charge in [0.25, 0.3) is 11.8 Å². The molecule has 3 aromatic rings. The number of hydrogen-bond donors (Lipinski definition) is 1. The minimum atomic E-state index is -0.775. The molecule has 36 heavy (non-hydrogen) atoms. The van der Waals surface area contributed by atoms with Gasteiger partial charge in [0.05, 0.1) is 16.4 Å². The van der Waals surface area contributed by atoms with Crippen LogP contribution in [0.5, 0.6) is 11.5 Å². The maximum Gasteiger partial charge on any atom is 0.335 e. The molecule has 1 N–H and O–H groups in total. The molecule has 0 atom stereocenters. The van der Waals surface area contributed by atoms with Gasteiger partial charge in [0.2, 0.25) is 0 Å². The Morgan fingerprint density at radius 3 is 2.42 bits per heavy atom. The van der Waals surface area contributed by atoms with Crippen molar-refractivity contribution < 1.29 is 23.9 Å². The summed E-state index contributed by atoms with van der Waals surface area (Å²) in [7, 11) is 1.53. The maximum atomic E-state index is 13.3. The summed E-state index contributed by atoms with van der Waals surface area (Å²) in [6.07, 6.45) is 1.46. The first-order valence-electron chi connectivity index (χ1n) is 11.2. The number of aryl methyl sites for hydroxylation is 2. The zero-order valence-electron chi connectivity index (χ0n) is 20.3. The highest BCUT2D eigenvalue weighted by molar-refractivity contribution is 14.1. The van der Waals surface area contributed by atoms with E-state index in [2.05, 4.69) is 27.9 Å². The van der Waals surface area contributed by atoms with E-state index in [9.17, 15) is 14.4 Å². The fourth-order valence-corrected chi connectivity index (χ4v) is 4.60. The Kier molecular flexibility index (Phi) is 7.44. The average molecular weight is 596 g/mol. The lowest BCUT2D eigenvalue weighted by atomic mass is 10.0. The number of barbiturate groups is 1. The van der Waals surface area contributed by atoms with Crippen LogP contribution in [0.1, 0.15) is 27.8 Å². The summed E-state index contributed by atoms with van der Waals surface area (Å²) < 4.78 is 12.3. The normalized spacial score (nSPS) is 14.8. The van der Waals surface area contributed by atoms with Gasteiger partial charge >= 0.3 is 6.03 Å². The molecule has 4 rings (SSSR count). The average Bonchev–Trinajstić information content (AvgIpc) is 2.84. The number of methoxy groups -OCH3 is 1. The van der Waals surface area contributed by atoms with Crippen molar-refractivity contribution in [2.24, 2.45) is 0 Å². The van der Waals surface area contributed by atoms with E-state index in [4.69, 9.17) is 9.47 Å². The summed E-state index contributed by atoms with van der Waals surface area (Å²) in [5, 5.41) is 2.27. The Labute approximate surface area is 223 Å². The minimum absolute atomic E-state index is 0.151. The molecule has 4 amide bonds. The fraction of sp³-hybridized carbons (Fsp3) is 0.179. The molecule has 0 radical (unpaired) electrons. The number of amides is 4. The predicted molar refractivity (Wildman–Crippen MR) is 146 cm³/mol. The summed E-state index contributed by atoms with van der Waals surface area (Å²) >= 11 is 2.13. The topological polar surface area (TPSA) is 84.9 Å². The van der Waals surface area contributed by atoms with E-state index in [1.54, 1.807) is 24.3 Å². The standard InChI is InChI=1S/C28H25IN2O5/c1-16-8-10-19(11-9-16)15-36-25-22(29)13-20(14-24(25)35-4)12-21-26(32)30-28(34)31(27(21)33)23-7-5-6-17(2)18(23)3/h5-14H,15H2,1-4H3,(H,30,32,34)/b21-12+. The van der Waals surface area contributed by atoms with Gasteiger partial charge in [-0.2, -0.15) is 0 Å². The maximum absolute atomic E-state index is 13.3. The van der Waals surface area contributed by atoms with E-state index in [0.717, 1.165) is 25.2 Å². The van der Waals surface area contributed by atoms with Gasteiger partial charge in [-0.15, -0.1) is 0 Å². The van der Waals surface area contributed by atoms with Crippen molar-refractivity contribution in [3.05, 3.63) is 91.6 Å². The first-order valence-corrected chi connectivity index (χ1v) is 12.3. The number of carbonyl (C=O) groups excluding carboxylic acids is 3. The van der Waals surface area contributed by atoms with Gasteiger partial charge in [-0.25, -0.2) is 9.69 Å². The summed E-state index contributed by atoms with van der Waals surface area (Å²) in [5.41, 5.74) is 4.74. The first kappa shape index (κ1) is 25.4. The van der Waals surface area contributed by atoms with Gasteiger partial charge in [-0.1, -0.05) is 42.0 Å². The van der Waals surface area contributed by atoms with E-state index in [0.29, 0.717) is 29.4 Å². The summed E-state index contributed by atoms with van der Waals surface area (Å²) in [6.45, 7) is 6.11. The Hall–Kier alpha value is -3.66. The number of benzene rings is 3. The van der Waals surface area contributed by atoms with Gasteiger partial charge in [-0.05, 0) is 89.9 Å². The molecule has 0 aliphatic carbocycles. The second-order valence-corrected chi connectivity index (χ2v) is 9.65. The highest BCUT2D eigenvalue weighted by Gasteiger charge is 2.37. The number of urea groups is 1. The second-order valence-electron chi connectivity index (χ2n) is 8.49. The van der Waals surface area contributed by atoms with E-state index in [1.807, 2.05) is 51.1 Å². The molecule has 1 heterocycles. The number of ether oxygens (including phenoxy) is 2. The minimum Gasteiger partial charge on any atom is -0.493 e. The molecular formula is C28H25IN2O5. The molecule has 0 saturated carbocycles. The lowest BCUT2D eigenvalue weighted by Crippen LogP contribution is -2.54. The number of rotatable bonds is 6. The van der Waals surface area contributed by atoms with Crippen LogP contribution in [0.25, 0.3) is 6.08 Å². The monoisotopic (exact) mass is 596 g/mol. The molecule has 0 aromatic heterocycles. The van der Waals surface area contributed by atoms with Crippen LogP contribution in [-0.2, 0) is 16.2 Å². The van der Waals surface area contributed by atoms with Crippen molar-refractivity contribution in [1.82, 2.24) is 5.32 Å².